The quantitative estimate of drug-likeness (QED) is 0.208. The second-order valence-electron chi connectivity index (χ2n) is 7.99. The van der Waals surface area contributed by atoms with Crippen molar-refractivity contribution >= 4 is 23.7 Å². The number of aliphatic carboxylic acids is 1. The summed E-state index contributed by atoms with van der Waals surface area (Å²) >= 11 is 0. The second-order valence-corrected chi connectivity index (χ2v) is 7.99. The lowest BCUT2D eigenvalue weighted by molar-refractivity contribution is -0.142. The fourth-order valence-electron chi connectivity index (χ4n) is 3.03. The zero-order valence-electron chi connectivity index (χ0n) is 18.7. The van der Waals surface area contributed by atoms with Crippen LogP contribution in [0.25, 0.3) is 0 Å². The molecule has 0 fully saturated rings. The number of rotatable bonds is 14. The Kier molecular flexibility index (Phi) is 12.0. The average Bonchev–Trinajstić information content (AvgIpc) is 2.75. The number of carboxylic acid groups (broad SMARTS) is 1. The molecule has 3 unspecified atom stereocenters. The normalized spacial score (nSPS) is 13.7. The smallest absolute Gasteiger partial charge is 0.326 e. The van der Waals surface area contributed by atoms with Crippen LogP contribution in [0.2, 0.25) is 0 Å². The minimum Gasteiger partial charge on any atom is -0.480 e. The van der Waals surface area contributed by atoms with Gasteiger partial charge in [-0.1, -0.05) is 44.2 Å². The molecule has 1 aromatic carbocycles. The van der Waals surface area contributed by atoms with Gasteiger partial charge in [-0.2, -0.15) is 0 Å². The van der Waals surface area contributed by atoms with E-state index in [-0.39, 0.29) is 18.9 Å². The van der Waals surface area contributed by atoms with Gasteiger partial charge in [-0.05, 0) is 43.7 Å². The number of carbonyl (C=O) groups excluding carboxylic acids is 3. The summed E-state index contributed by atoms with van der Waals surface area (Å²) in [5.74, 6) is -3.10. The molecule has 0 spiro atoms. The van der Waals surface area contributed by atoms with Gasteiger partial charge in [0.05, 0.1) is 12.6 Å². The van der Waals surface area contributed by atoms with Crippen molar-refractivity contribution in [3.8, 4) is 0 Å². The summed E-state index contributed by atoms with van der Waals surface area (Å²) < 4.78 is 0. The highest BCUT2D eigenvalue weighted by Crippen LogP contribution is 2.06. The number of unbranched alkanes of at least 4 members (excludes halogenated alkanes) is 1. The van der Waals surface area contributed by atoms with Crippen molar-refractivity contribution < 1.29 is 24.3 Å². The van der Waals surface area contributed by atoms with Crippen LogP contribution in [0.3, 0.4) is 0 Å². The molecule has 1 aromatic rings. The van der Waals surface area contributed by atoms with Gasteiger partial charge in [0.15, 0.2) is 0 Å². The summed E-state index contributed by atoms with van der Waals surface area (Å²) in [6.45, 7) is 3.54. The summed E-state index contributed by atoms with van der Waals surface area (Å²) in [6.07, 6.45) is 1.77. The Balaban J connectivity index is 2.57. The minimum atomic E-state index is -1.15. The van der Waals surface area contributed by atoms with Gasteiger partial charge in [0.1, 0.15) is 12.1 Å². The molecule has 8 N–H and O–H groups in total. The second kappa shape index (κ2) is 14.2. The maximum atomic E-state index is 12.6. The molecular formula is C22H35N5O5. The van der Waals surface area contributed by atoms with Crippen LogP contribution in [0.1, 0.15) is 38.7 Å². The van der Waals surface area contributed by atoms with Crippen molar-refractivity contribution in [2.75, 3.05) is 13.1 Å². The molecule has 1 rings (SSSR count). The lowest BCUT2D eigenvalue weighted by Crippen LogP contribution is -2.55. The standard InChI is InChI=1S/C22H35N5O5/c1-14(2)19(21(30)26-17(22(31)32)10-6-7-11-23)27-18(28)13-25-20(29)16(24)12-15-8-4-3-5-9-15/h3-5,8-9,14,16-17,19H,6-7,10-13,23-24H2,1-2H3,(H,25,29)(H,26,30)(H,27,28)(H,31,32). The third-order valence-corrected chi connectivity index (χ3v) is 4.89. The van der Waals surface area contributed by atoms with E-state index in [0.717, 1.165) is 5.56 Å². The molecule has 3 amide bonds. The van der Waals surface area contributed by atoms with Crippen LogP contribution in [0.15, 0.2) is 30.3 Å². The molecule has 0 radical (unpaired) electrons. The molecule has 0 aromatic heterocycles. The van der Waals surface area contributed by atoms with E-state index in [1.54, 1.807) is 13.8 Å². The van der Waals surface area contributed by atoms with Crippen molar-refractivity contribution in [1.82, 2.24) is 16.0 Å². The number of benzene rings is 1. The van der Waals surface area contributed by atoms with E-state index in [1.165, 1.54) is 0 Å². The molecule has 0 bridgehead atoms. The van der Waals surface area contributed by atoms with Crippen LogP contribution in [0.5, 0.6) is 0 Å². The number of hydrogen-bond donors (Lipinski definition) is 6. The first-order valence-electron chi connectivity index (χ1n) is 10.8. The number of nitrogens with two attached hydrogens (primary N) is 2. The molecule has 0 aliphatic rings. The average molecular weight is 450 g/mol. The fraction of sp³-hybridized carbons (Fsp3) is 0.545. The highest BCUT2D eigenvalue weighted by Gasteiger charge is 2.28. The van der Waals surface area contributed by atoms with Crippen LogP contribution in [0.4, 0.5) is 0 Å². The summed E-state index contributed by atoms with van der Waals surface area (Å²) in [5, 5.41) is 16.8. The van der Waals surface area contributed by atoms with Crippen LogP contribution in [-0.4, -0.2) is 60.0 Å². The lowest BCUT2D eigenvalue weighted by Gasteiger charge is -2.24. The molecule has 32 heavy (non-hydrogen) atoms. The number of nitrogens with one attached hydrogen (secondary N) is 3. The predicted molar refractivity (Wildman–Crippen MR) is 120 cm³/mol. The molecule has 3 atom stereocenters. The maximum Gasteiger partial charge on any atom is 0.326 e. The van der Waals surface area contributed by atoms with Gasteiger partial charge >= 0.3 is 5.97 Å². The maximum absolute atomic E-state index is 12.6. The van der Waals surface area contributed by atoms with Gasteiger partial charge in [0, 0.05) is 0 Å². The monoisotopic (exact) mass is 449 g/mol. The van der Waals surface area contributed by atoms with E-state index >= 15 is 0 Å². The Hall–Kier alpha value is -2.98. The SMILES string of the molecule is CC(C)C(NC(=O)CNC(=O)C(N)Cc1ccccc1)C(=O)NC(CCCCN)C(=O)O. The molecule has 10 heteroatoms. The fourth-order valence-corrected chi connectivity index (χ4v) is 3.03. The van der Waals surface area contributed by atoms with Crippen molar-refractivity contribution in [2.45, 2.75) is 57.7 Å². The van der Waals surface area contributed by atoms with E-state index < -0.39 is 41.8 Å². The van der Waals surface area contributed by atoms with Gasteiger partial charge in [-0.15, -0.1) is 0 Å². The first kappa shape index (κ1) is 27.1. The Bertz CT molecular complexity index is 756. The van der Waals surface area contributed by atoms with Crippen molar-refractivity contribution in [3.05, 3.63) is 35.9 Å². The summed E-state index contributed by atoms with van der Waals surface area (Å²) in [7, 11) is 0. The van der Waals surface area contributed by atoms with Crippen molar-refractivity contribution in [2.24, 2.45) is 17.4 Å². The zero-order valence-corrected chi connectivity index (χ0v) is 18.7. The Morgan fingerprint density at radius 2 is 1.66 bits per heavy atom. The van der Waals surface area contributed by atoms with E-state index in [4.69, 9.17) is 11.5 Å². The van der Waals surface area contributed by atoms with Gasteiger partial charge in [0.2, 0.25) is 17.7 Å². The highest BCUT2D eigenvalue weighted by molar-refractivity contribution is 5.92. The summed E-state index contributed by atoms with van der Waals surface area (Å²) in [5.41, 5.74) is 12.2. The zero-order chi connectivity index (χ0) is 24.1. The van der Waals surface area contributed by atoms with Gasteiger partial charge in [0.25, 0.3) is 0 Å². The summed E-state index contributed by atoms with van der Waals surface area (Å²) in [6, 6.07) is 6.42. The van der Waals surface area contributed by atoms with E-state index in [2.05, 4.69) is 16.0 Å². The molecule has 0 saturated carbocycles. The van der Waals surface area contributed by atoms with E-state index in [0.29, 0.717) is 25.8 Å². The Morgan fingerprint density at radius 1 is 1.00 bits per heavy atom. The van der Waals surface area contributed by atoms with Crippen LogP contribution < -0.4 is 27.4 Å². The molecular weight excluding hydrogens is 414 g/mol. The number of carbonyl (C=O) groups is 4. The number of hydrogen-bond acceptors (Lipinski definition) is 6. The van der Waals surface area contributed by atoms with Crippen LogP contribution >= 0.6 is 0 Å². The summed E-state index contributed by atoms with van der Waals surface area (Å²) in [4.78, 5) is 48.5. The first-order chi connectivity index (χ1) is 15.1. The molecule has 0 aliphatic carbocycles. The first-order valence-corrected chi connectivity index (χ1v) is 10.8. The predicted octanol–water partition coefficient (Wildman–Crippen LogP) is -0.488. The third-order valence-electron chi connectivity index (χ3n) is 4.89. The third kappa shape index (κ3) is 9.88. The van der Waals surface area contributed by atoms with Crippen LogP contribution in [0, 0.1) is 5.92 Å². The topological polar surface area (TPSA) is 177 Å². The lowest BCUT2D eigenvalue weighted by atomic mass is 10.0. The van der Waals surface area contributed by atoms with E-state index in [1.807, 2.05) is 30.3 Å². The highest BCUT2D eigenvalue weighted by atomic mass is 16.4. The largest absolute Gasteiger partial charge is 0.480 e. The van der Waals surface area contributed by atoms with Crippen molar-refractivity contribution in [1.29, 1.82) is 0 Å². The van der Waals surface area contributed by atoms with Crippen LogP contribution in [-0.2, 0) is 25.6 Å². The number of amides is 3. The number of carboxylic acids is 1. The molecule has 0 saturated heterocycles. The molecule has 178 valence electrons. The Morgan fingerprint density at radius 3 is 2.22 bits per heavy atom. The van der Waals surface area contributed by atoms with Gasteiger partial charge in [-0.25, -0.2) is 4.79 Å². The van der Waals surface area contributed by atoms with E-state index in [9.17, 15) is 24.3 Å². The van der Waals surface area contributed by atoms with Gasteiger partial charge < -0.3 is 32.5 Å². The molecule has 10 nitrogen and oxygen atoms in total. The molecule has 0 heterocycles. The Labute approximate surface area is 188 Å². The van der Waals surface area contributed by atoms with Crippen molar-refractivity contribution in [3.63, 3.8) is 0 Å². The minimum absolute atomic E-state index is 0.242. The van der Waals surface area contributed by atoms with Gasteiger partial charge in [-0.3, -0.25) is 14.4 Å². The molecule has 0 aliphatic heterocycles.